The Hall–Kier alpha value is -3.03. The zero-order valence-corrected chi connectivity index (χ0v) is 16.9. The van der Waals surface area contributed by atoms with Gasteiger partial charge in [-0.1, -0.05) is 12.1 Å². The number of carbonyl (C=O) groups is 1. The van der Waals surface area contributed by atoms with Gasteiger partial charge in [-0.3, -0.25) is 14.7 Å². The molecule has 4 aromatic heterocycles. The topological polar surface area (TPSA) is 53.7 Å². The molecule has 0 spiro atoms. The summed E-state index contributed by atoms with van der Waals surface area (Å²) in [6, 6.07) is 10.2. The first-order valence-corrected chi connectivity index (χ1v) is 10.5. The molecule has 0 radical (unpaired) electrons. The number of fused-ring (bicyclic) bond motifs is 1. The number of carbonyl (C=O) groups excluding carboxylic acids is 1. The molecule has 1 saturated heterocycles. The second kappa shape index (κ2) is 7.42. The largest absolute Gasteiger partial charge is 0.335 e. The van der Waals surface area contributed by atoms with Crippen molar-refractivity contribution in [3.63, 3.8) is 0 Å². The van der Waals surface area contributed by atoms with Gasteiger partial charge in [0.25, 0.3) is 5.91 Å². The average Bonchev–Trinajstić information content (AvgIpc) is 3.44. The molecule has 0 bridgehead atoms. The SMILES string of the molecule is CN1CCN(C(=O)c2ccsc2)C[C@@H]1c1ncn2cc(-c3cccnc3)ccc12. The van der Waals surface area contributed by atoms with Gasteiger partial charge < -0.3 is 9.30 Å². The minimum absolute atomic E-state index is 0.0700. The summed E-state index contributed by atoms with van der Waals surface area (Å²) in [7, 11) is 2.10. The third kappa shape index (κ3) is 3.32. The fourth-order valence-corrected chi connectivity index (χ4v) is 4.53. The molecule has 0 unspecified atom stereocenters. The van der Waals surface area contributed by atoms with Gasteiger partial charge in [0.05, 0.1) is 29.1 Å². The molecule has 146 valence electrons. The normalized spacial score (nSPS) is 17.7. The predicted molar refractivity (Wildman–Crippen MR) is 114 cm³/mol. The number of aromatic nitrogens is 3. The van der Waals surface area contributed by atoms with Gasteiger partial charge in [0, 0.05) is 49.2 Å². The van der Waals surface area contributed by atoms with Crippen molar-refractivity contribution in [3.8, 4) is 11.1 Å². The van der Waals surface area contributed by atoms with Crippen molar-refractivity contribution < 1.29 is 4.79 Å². The van der Waals surface area contributed by atoms with Crippen LogP contribution < -0.4 is 0 Å². The lowest BCUT2D eigenvalue weighted by atomic mass is 10.1. The zero-order valence-electron chi connectivity index (χ0n) is 16.1. The van der Waals surface area contributed by atoms with Gasteiger partial charge in [0.15, 0.2) is 0 Å². The van der Waals surface area contributed by atoms with Crippen LogP contribution in [0.5, 0.6) is 0 Å². The summed E-state index contributed by atoms with van der Waals surface area (Å²) < 4.78 is 2.06. The van der Waals surface area contributed by atoms with Crippen LogP contribution in [-0.2, 0) is 0 Å². The summed E-state index contributed by atoms with van der Waals surface area (Å²) in [4.78, 5) is 26.0. The molecule has 1 aliphatic heterocycles. The van der Waals surface area contributed by atoms with E-state index in [4.69, 9.17) is 4.98 Å². The van der Waals surface area contributed by atoms with E-state index >= 15 is 0 Å². The molecule has 0 N–H and O–H groups in total. The Labute approximate surface area is 173 Å². The summed E-state index contributed by atoms with van der Waals surface area (Å²) in [5.74, 6) is 0.103. The van der Waals surface area contributed by atoms with E-state index in [2.05, 4.69) is 45.7 Å². The predicted octanol–water partition coefficient (Wildman–Crippen LogP) is 3.59. The Morgan fingerprint density at radius 3 is 2.90 bits per heavy atom. The monoisotopic (exact) mass is 403 g/mol. The number of pyridine rings is 2. The summed E-state index contributed by atoms with van der Waals surface area (Å²) in [6.45, 7) is 2.20. The van der Waals surface area contributed by atoms with Crippen molar-refractivity contribution in [1.29, 1.82) is 0 Å². The Bertz CT molecular complexity index is 1140. The lowest BCUT2D eigenvalue weighted by Crippen LogP contribution is -2.49. The molecule has 1 atom stereocenters. The average molecular weight is 404 g/mol. The highest BCUT2D eigenvalue weighted by Crippen LogP contribution is 2.29. The number of amides is 1. The van der Waals surface area contributed by atoms with E-state index in [-0.39, 0.29) is 11.9 Å². The van der Waals surface area contributed by atoms with Crippen molar-refractivity contribution in [2.24, 2.45) is 0 Å². The molecule has 1 amide bonds. The number of thiophene rings is 1. The van der Waals surface area contributed by atoms with Gasteiger partial charge in [-0.15, -0.1) is 0 Å². The van der Waals surface area contributed by atoms with E-state index in [1.165, 1.54) is 0 Å². The van der Waals surface area contributed by atoms with Gasteiger partial charge in [-0.05, 0) is 36.2 Å². The van der Waals surface area contributed by atoms with E-state index in [0.717, 1.165) is 41.0 Å². The van der Waals surface area contributed by atoms with Crippen molar-refractivity contribution in [1.82, 2.24) is 24.2 Å². The molecule has 1 fully saturated rings. The Morgan fingerprint density at radius 1 is 1.17 bits per heavy atom. The van der Waals surface area contributed by atoms with Gasteiger partial charge in [-0.2, -0.15) is 11.3 Å². The molecular formula is C22H21N5OS. The highest BCUT2D eigenvalue weighted by molar-refractivity contribution is 7.08. The third-order valence-corrected chi connectivity index (χ3v) is 6.26. The minimum Gasteiger partial charge on any atom is -0.335 e. The summed E-state index contributed by atoms with van der Waals surface area (Å²) in [5, 5.41) is 3.87. The molecule has 7 heteroatoms. The number of likely N-dealkylation sites (N-methyl/N-ethyl adjacent to an activating group) is 1. The van der Waals surface area contributed by atoms with Crippen molar-refractivity contribution >= 4 is 22.8 Å². The van der Waals surface area contributed by atoms with Crippen LogP contribution in [0.2, 0.25) is 0 Å². The van der Waals surface area contributed by atoms with E-state index in [1.54, 1.807) is 17.5 Å². The quantitative estimate of drug-likeness (QED) is 0.525. The first kappa shape index (κ1) is 18.0. The summed E-state index contributed by atoms with van der Waals surface area (Å²) >= 11 is 1.55. The molecule has 1 aliphatic rings. The van der Waals surface area contributed by atoms with Crippen molar-refractivity contribution in [2.75, 3.05) is 26.7 Å². The molecule has 4 aromatic rings. The molecule has 0 aromatic carbocycles. The first-order valence-electron chi connectivity index (χ1n) is 9.59. The van der Waals surface area contributed by atoms with Crippen molar-refractivity contribution in [2.45, 2.75) is 6.04 Å². The van der Waals surface area contributed by atoms with Gasteiger partial charge in [0.1, 0.15) is 0 Å². The number of piperazine rings is 1. The smallest absolute Gasteiger partial charge is 0.254 e. The fourth-order valence-electron chi connectivity index (χ4n) is 3.90. The van der Waals surface area contributed by atoms with Crippen LogP contribution in [0.15, 0.2) is 66.0 Å². The summed E-state index contributed by atoms with van der Waals surface area (Å²) in [5.41, 5.74) is 5.02. The number of rotatable bonds is 3. The Kier molecular flexibility index (Phi) is 4.61. The molecule has 0 saturated carbocycles. The molecule has 29 heavy (non-hydrogen) atoms. The van der Waals surface area contributed by atoms with Gasteiger partial charge >= 0.3 is 0 Å². The second-order valence-corrected chi connectivity index (χ2v) is 8.12. The number of hydrogen-bond acceptors (Lipinski definition) is 5. The highest BCUT2D eigenvalue weighted by Gasteiger charge is 2.31. The van der Waals surface area contributed by atoms with Gasteiger partial charge in [-0.25, -0.2) is 4.98 Å². The van der Waals surface area contributed by atoms with Crippen LogP contribution >= 0.6 is 11.3 Å². The van der Waals surface area contributed by atoms with Crippen LogP contribution in [0.4, 0.5) is 0 Å². The first-order chi connectivity index (χ1) is 14.2. The van der Waals surface area contributed by atoms with Gasteiger partial charge in [0.2, 0.25) is 0 Å². The Morgan fingerprint density at radius 2 is 2.10 bits per heavy atom. The Balaban J connectivity index is 1.45. The molecule has 5 heterocycles. The number of imidazole rings is 1. The maximum Gasteiger partial charge on any atom is 0.254 e. The van der Waals surface area contributed by atoms with Crippen LogP contribution in [0, 0.1) is 0 Å². The van der Waals surface area contributed by atoms with E-state index in [1.807, 2.05) is 40.3 Å². The highest BCUT2D eigenvalue weighted by atomic mass is 32.1. The maximum atomic E-state index is 12.8. The van der Waals surface area contributed by atoms with Crippen LogP contribution in [0.1, 0.15) is 22.1 Å². The standard InChI is InChI=1S/C22H21N5OS/c1-25-8-9-26(22(28)18-6-10-29-14-18)13-20(25)21-19-5-4-17(12-27(19)15-24-21)16-3-2-7-23-11-16/h2-7,10-12,14-15,20H,8-9,13H2,1H3/t20-/m1/s1. The van der Waals surface area contributed by atoms with Crippen LogP contribution in [0.3, 0.4) is 0 Å². The number of nitrogens with zero attached hydrogens (tertiary/aromatic N) is 5. The lowest BCUT2D eigenvalue weighted by molar-refractivity contribution is 0.0543. The van der Waals surface area contributed by atoms with E-state index in [9.17, 15) is 4.79 Å². The lowest BCUT2D eigenvalue weighted by Gasteiger charge is -2.38. The molecular weight excluding hydrogens is 382 g/mol. The molecule has 6 nitrogen and oxygen atoms in total. The summed E-state index contributed by atoms with van der Waals surface area (Å²) in [6.07, 6.45) is 7.58. The fraction of sp³-hybridized carbons (Fsp3) is 0.227. The van der Waals surface area contributed by atoms with Crippen LogP contribution in [-0.4, -0.2) is 56.8 Å². The zero-order chi connectivity index (χ0) is 19.8. The van der Waals surface area contributed by atoms with E-state index < -0.39 is 0 Å². The second-order valence-electron chi connectivity index (χ2n) is 7.34. The number of hydrogen-bond donors (Lipinski definition) is 0. The maximum absolute atomic E-state index is 12.8. The van der Waals surface area contributed by atoms with Crippen LogP contribution in [0.25, 0.3) is 16.6 Å². The minimum atomic E-state index is 0.0700. The molecule has 0 aliphatic carbocycles. The van der Waals surface area contributed by atoms with Crippen molar-refractivity contribution in [3.05, 3.63) is 77.3 Å². The third-order valence-electron chi connectivity index (χ3n) is 5.57. The molecule has 5 rings (SSSR count). The van der Waals surface area contributed by atoms with E-state index in [0.29, 0.717) is 6.54 Å².